The fraction of sp³-hybridized carbons (Fsp3) is 0.0500. The molecule has 6 nitrogen and oxygen atoms in total. The average molecular weight is 457 g/mol. The van der Waals surface area contributed by atoms with Crippen molar-refractivity contribution in [3.63, 3.8) is 0 Å². The molecule has 138 valence electrons. The number of nitrogens with one attached hydrogen (secondary N) is 1. The molecule has 1 aliphatic heterocycles. The lowest BCUT2D eigenvalue weighted by Gasteiger charge is -2.28. The molecule has 0 bridgehead atoms. The maximum absolute atomic E-state index is 13.3. The number of H-pyrrole nitrogens is 1. The van der Waals surface area contributed by atoms with E-state index in [9.17, 15) is 14.4 Å². The molecule has 3 aromatic carbocycles. The molecule has 0 atom stereocenters. The number of carbonyl (C=O) groups excluding carboxylic acids is 2. The molecule has 0 radical (unpaired) electrons. The summed E-state index contributed by atoms with van der Waals surface area (Å²) < 4.78 is 2.21. The molecule has 1 aromatic heterocycles. The van der Waals surface area contributed by atoms with E-state index < -0.39 is 11.8 Å². The van der Waals surface area contributed by atoms with Crippen LogP contribution < -0.4 is 10.6 Å². The summed E-state index contributed by atoms with van der Waals surface area (Å²) in [5, 5.41) is 1.61. The fourth-order valence-corrected chi connectivity index (χ4v) is 4.40. The van der Waals surface area contributed by atoms with E-state index in [1.165, 1.54) is 4.57 Å². The van der Waals surface area contributed by atoms with Crippen molar-refractivity contribution in [3.05, 3.63) is 73.6 Å². The van der Waals surface area contributed by atoms with Gasteiger partial charge in [0.05, 0.1) is 21.7 Å². The van der Waals surface area contributed by atoms with Crippen molar-refractivity contribution in [3.8, 4) is 0 Å². The summed E-state index contributed by atoms with van der Waals surface area (Å²) >= 11 is 9.87. The summed E-state index contributed by atoms with van der Waals surface area (Å²) in [6.07, 6.45) is 0. The van der Waals surface area contributed by atoms with E-state index in [-0.39, 0.29) is 16.4 Å². The van der Waals surface area contributed by atoms with Crippen molar-refractivity contribution >= 4 is 66.8 Å². The number of benzene rings is 3. The van der Waals surface area contributed by atoms with Crippen molar-refractivity contribution < 1.29 is 9.59 Å². The van der Waals surface area contributed by atoms with Crippen molar-refractivity contribution in [2.24, 2.45) is 7.05 Å². The van der Waals surface area contributed by atoms with Gasteiger partial charge in [-0.15, -0.1) is 0 Å². The predicted octanol–water partition coefficient (Wildman–Crippen LogP) is 4.24. The smallest absolute Gasteiger partial charge is 0.305 e. The number of aryl methyl sites for hydroxylation is 1. The fourth-order valence-electron chi connectivity index (χ4n) is 3.69. The molecule has 0 fully saturated rings. The molecule has 8 heteroatoms. The monoisotopic (exact) mass is 455 g/mol. The minimum absolute atomic E-state index is 0.198. The molecule has 0 saturated heterocycles. The van der Waals surface area contributed by atoms with Gasteiger partial charge in [-0.1, -0.05) is 39.7 Å². The zero-order valence-electron chi connectivity index (χ0n) is 14.4. The number of carbonyl (C=O) groups is 2. The van der Waals surface area contributed by atoms with Gasteiger partial charge >= 0.3 is 5.69 Å². The topological polar surface area (TPSA) is 75.2 Å². The summed E-state index contributed by atoms with van der Waals surface area (Å²) in [6, 6.07) is 11.9. The molecular formula is C20H11BrClN3O3. The van der Waals surface area contributed by atoms with Gasteiger partial charge in [-0.25, -0.2) is 9.69 Å². The Morgan fingerprint density at radius 3 is 2.46 bits per heavy atom. The Kier molecular flexibility index (Phi) is 3.56. The number of fused-ring (bicyclic) bond motifs is 1. The molecule has 4 aromatic rings. The Balaban J connectivity index is 1.80. The van der Waals surface area contributed by atoms with Gasteiger partial charge in [0.1, 0.15) is 0 Å². The minimum Gasteiger partial charge on any atom is -0.305 e. The first-order valence-electron chi connectivity index (χ1n) is 8.36. The lowest BCUT2D eigenvalue weighted by atomic mass is 9.93. The van der Waals surface area contributed by atoms with Crippen molar-refractivity contribution in [2.75, 3.05) is 4.90 Å². The molecule has 0 spiro atoms. The van der Waals surface area contributed by atoms with E-state index in [1.54, 1.807) is 43.4 Å². The highest BCUT2D eigenvalue weighted by Gasteiger charge is 2.35. The summed E-state index contributed by atoms with van der Waals surface area (Å²) in [7, 11) is 1.60. The van der Waals surface area contributed by atoms with Crippen LogP contribution in [0.4, 0.5) is 5.69 Å². The van der Waals surface area contributed by atoms with Gasteiger partial charge in [0.25, 0.3) is 11.8 Å². The maximum atomic E-state index is 13.3. The zero-order chi connectivity index (χ0) is 19.7. The number of imide groups is 1. The number of nitrogens with zero attached hydrogens (tertiary/aromatic N) is 2. The van der Waals surface area contributed by atoms with Gasteiger partial charge in [-0.2, -0.15) is 0 Å². The highest BCUT2D eigenvalue weighted by molar-refractivity contribution is 9.10. The third kappa shape index (κ3) is 2.17. The van der Waals surface area contributed by atoms with Crippen LogP contribution in [0.3, 0.4) is 0 Å². The number of anilines is 1. The highest BCUT2D eigenvalue weighted by Crippen LogP contribution is 2.38. The summed E-state index contributed by atoms with van der Waals surface area (Å²) in [5.74, 6) is -0.911. The van der Waals surface area contributed by atoms with Crippen LogP contribution in [0, 0.1) is 0 Å². The first kappa shape index (κ1) is 17.2. The summed E-state index contributed by atoms with van der Waals surface area (Å²) in [6.45, 7) is 0. The third-order valence-electron chi connectivity index (χ3n) is 5.07. The van der Waals surface area contributed by atoms with E-state index in [1.807, 2.05) is 6.07 Å². The molecule has 0 saturated carbocycles. The maximum Gasteiger partial charge on any atom is 0.326 e. The number of hydrogen-bond acceptors (Lipinski definition) is 3. The van der Waals surface area contributed by atoms with Crippen LogP contribution in [0.2, 0.25) is 5.02 Å². The van der Waals surface area contributed by atoms with Gasteiger partial charge in [0, 0.05) is 28.0 Å². The lowest BCUT2D eigenvalue weighted by molar-refractivity contribution is 0.0893. The second kappa shape index (κ2) is 5.80. The van der Waals surface area contributed by atoms with Crippen molar-refractivity contribution in [1.29, 1.82) is 0 Å². The normalized spacial score (nSPS) is 13.8. The van der Waals surface area contributed by atoms with Crippen LogP contribution in [0.25, 0.3) is 21.8 Å². The van der Waals surface area contributed by atoms with Gasteiger partial charge in [-0.05, 0) is 35.7 Å². The van der Waals surface area contributed by atoms with E-state index in [0.717, 1.165) is 14.8 Å². The Morgan fingerprint density at radius 1 is 1.00 bits per heavy atom. The molecule has 1 N–H and O–H groups in total. The molecule has 2 amide bonds. The Morgan fingerprint density at radius 2 is 1.71 bits per heavy atom. The molecule has 28 heavy (non-hydrogen) atoms. The van der Waals surface area contributed by atoms with Crippen LogP contribution in [-0.2, 0) is 7.05 Å². The van der Waals surface area contributed by atoms with Gasteiger partial charge in [0.2, 0.25) is 0 Å². The van der Waals surface area contributed by atoms with E-state index in [2.05, 4.69) is 20.9 Å². The minimum atomic E-state index is -0.456. The molecule has 1 aliphatic rings. The number of aromatic amines is 1. The number of hydrogen-bond donors (Lipinski definition) is 1. The molecule has 5 rings (SSSR count). The first-order chi connectivity index (χ1) is 13.4. The largest absolute Gasteiger partial charge is 0.326 e. The number of amides is 2. The van der Waals surface area contributed by atoms with Crippen LogP contribution in [0.1, 0.15) is 20.7 Å². The van der Waals surface area contributed by atoms with Crippen LogP contribution in [-0.4, -0.2) is 21.4 Å². The number of imidazole rings is 1. The lowest BCUT2D eigenvalue weighted by Crippen LogP contribution is -2.40. The van der Waals surface area contributed by atoms with Crippen LogP contribution in [0.15, 0.2) is 51.7 Å². The third-order valence-corrected chi connectivity index (χ3v) is 6.06. The number of rotatable bonds is 1. The standard InChI is InChI=1S/C20H11BrClN3O3/c1-24-16-8-15(13(22)7-14(16)23-20(24)28)25-18(26)10-4-2-3-9-12(21)6-5-11(17(9)10)19(25)27/h2-8H,1H3,(H,23,28). The van der Waals surface area contributed by atoms with Crippen molar-refractivity contribution in [2.45, 2.75) is 0 Å². The van der Waals surface area contributed by atoms with E-state index in [4.69, 9.17) is 11.6 Å². The van der Waals surface area contributed by atoms with Crippen LogP contribution in [0.5, 0.6) is 0 Å². The molecule has 0 aliphatic carbocycles. The molecule has 0 unspecified atom stereocenters. The second-order valence-electron chi connectivity index (χ2n) is 6.58. The zero-order valence-corrected chi connectivity index (χ0v) is 16.8. The Bertz CT molecular complexity index is 1400. The average Bonchev–Trinajstić information content (AvgIpc) is 2.94. The Hall–Kier alpha value is -2.90. The SMILES string of the molecule is Cn1c(=O)[nH]c2cc(Cl)c(N3C(=O)c4cccc5c(Br)ccc(c45)C3=O)cc21. The van der Waals surface area contributed by atoms with Gasteiger partial charge in [-0.3, -0.25) is 14.2 Å². The van der Waals surface area contributed by atoms with Gasteiger partial charge in [0.15, 0.2) is 0 Å². The van der Waals surface area contributed by atoms with E-state index >= 15 is 0 Å². The summed E-state index contributed by atoms with van der Waals surface area (Å²) in [5.41, 5.74) is 1.86. The quantitative estimate of drug-likeness (QED) is 0.435. The predicted molar refractivity (Wildman–Crippen MR) is 111 cm³/mol. The second-order valence-corrected chi connectivity index (χ2v) is 7.84. The van der Waals surface area contributed by atoms with Crippen LogP contribution >= 0.6 is 27.5 Å². The Labute approximate surface area is 171 Å². The molecule has 2 heterocycles. The summed E-state index contributed by atoms with van der Waals surface area (Å²) in [4.78, 5) is 42.2. The van der Waals surface area contributed by atoms with E-state index in [0.29, 0.717) is 27.5 Å². The highest BCUT2D eigenvalue weighted by atomic mass is 79.9. The molecular weight excluding hydrogens is 446 g/mol. The first-order valence-corrected chi connectivity index (χ1v) is 9.54. The number of halogens is 2. The number of aromatic nitrogens is 2. The van der Waals surface area contributed by atoms with Crippen molar-refractivity contribution in [1.82, 2.24) is 9.55 Å². The van der Waals surface area contributed by atoms with Gasteiger partial charge < -0.3 is 4.98 Å².